The van der Waals surface area contributed by atoms with Gasteiger partial charge in [-0.3, -0.25) is 4.79 Å². The van der Waals surface area contributed by atoms with Crippen LogP contribution in [-0.4, -0.2) is 39.0 Å². The Kier molecular flexibility index (Phi) is 5.74. The first kappa shape index (κ1) is 20.0. The molecule has 5 nitrogen and oxygen atoms in total. The van der Waals surface area contributed by atoms with E-state index in [4.69, 9.17) is 9.97 Å². The molecule has 1 aliphatic heterocycles. The van der Waals surface area contributed by atoms with Crippen molar-refractivity contribution in [3.05, 3.63) is 77.0 Å². The molecule has 2 heterocycles. The summed E-state index contributed by atoms with van der Waals surface area (Å²) in [4.78, 5) is 24.2. The summed E-state index contributed by atoms with van der Waals surface area (Å²) in [5.74, 6) is 0.725. The normalized spacial score (nSPS) is 13.6. The van der Waals surface area contributed by atoms with Crippen molar-refractivity contribution >= 4 is 5.91 Å². The molecule has 3 aromatic rings. The number of aromatic hydroxyl groups is 1. The van der Waals surface area contributed by atoms with Crippen LogP contribution in [0.1, 0.15) is 29.6 Å². The van der Waals surface area contributed by atoms with Crippen LogP contribution in [0.3, 0.4) is 0 Å². The molecule has 0 bridgehead atoms. The second-order valence-corrected chi connectivity index (χ2v) is 7.50. The number of hydrogen-bond acceptors (Lipinski definition) is 4. The van der Waals surface area contributed by atoms with Crippen LogP contribution in [0.15, 0.2) is 48.5 Å². The molecule has 1 aromatic heterocycles. The Morgan fingerprint density at radius 1 is 1.03 bits per heavy atom. The molecule has 0 atom stereocenters. The zero-order valence-corrected chi connectivity index (χ0v) is 16.9. The van der Waals surface area contributed by atoms with Gasteiger partial charge in [-0.2, -0.15) is 0 Å². The van der Waals surface area contributed by atoms with Crippen molar-refractivity contribution in [2.75, 3.05) is 13.1 Å². The predicted molar refractivity (Wildman–Crippen MR) is 113 cm³/mol. The average Bonchev–Trinajstić information content (AvgIpc) is 2.98. The molecule has 0 radical (unpaired) electrons. The molecule has 0 unspecified atom stereocenters. The molecule has 154 valence electrons. The van der Waals surface area contributed by atoms with Crippen LogP contribution >= 0.6 is 0 Å². The largest absolute Gasteiger partial charge is 0.508 e. The van der Waals surface area contributed by atoms with E-state index in [1.54, 1.807) is 24.3 Å². The lowest BCUT2D eigenvalue weighted by Crippen LogP contribution is -2.34. The lowest BCUT2D eigenvalue weighted by molar-refractivity contribution is -0.130. The molecule has 1 aliphatic rings. The third kappa shape index (κ3) is 4.32. The fraction of sp³-hybridized carbons (Fsp3) is 0.292. The van der Waals surface area contributed by atoms with E-state index in [2.05, 4.69) is 0 Å². The van der Waals surface area contributed by atoms with Crippen LogP contribution in [0, 0.1) is 5.82 Å². The first-order valence-corrected chi connectivity index (χ1v) is 10.2. The van der Waals surface area contributed by atoms with E-state index >= 15 is 0 Å². The number of phenolic OH excluding ortho intramolecular Hbond substituents is 1. The van der Waals surface area contributed by atoms with E-state index in [0.717, 1.165) is 40.3 Å². The van der Waals surface area contributed by atoms with Crippen molar-refractivity contribution in [2.24, 2.45) is 0 Å². The molecule has 0 aliphatic carbocycles. The van der Waals surface area contributed by atoms with Gasteiger partial charge in [-0.25, -0.2) is 14.4 Å². The number of phenols is 1. The van der Waals surface area contributed by atoms with Gasteiger partial charge < -0.3 is 10.0 Å². The number of carbonyl (C=O) groups is 1. The molecule has 1 N–H and O–H groups in total. The van der Waals surface area contributed by atoms with Crippen molar-refractivity contribution in [3.8, 4) is 17.0 Å². The summed E-state index contributed by atoms with van der Waals surface area (Å²) in [7, 11) is 0. The highest BCUT2D eigenvalue weighted by Gasteiger charge is 2.23. The van der Waals surface area contributed by atoms with Gasteiger partial charge in [-0.05, 0) is 48.4 Å². The maximum absolute atomic E-state index is 13.1. The second-order valence-electron chi connectivity index (χ2n) is 7.50. The summed E-state index contributed by atoms with van der Waals surface area (Å²) in [6.45, 7) is 3.21. The fourth-order valence-corrected chi connectivity index (χ4v) is 3.80. The summed E-state index contributed by atoms with van der Waals surface area (Å²) in [6.07, 6.45) is 2.33. The number of carbonyl (C=O) groups excluding carboxylic acids is 1. The maximum Gasteiger partial charge on any atom is 0.227 e. The Labute approximate surface area is 175 Å². The molecule has 30 heavy (non-hydrogen) atoms. The molecular formula is C24H24FN3O2. The summed E-state index contributed by atoms with van der Waals surface area (Å²) < 4.78 is 13.1. The molecule has 0 fully saturated rings. The van der Waals surface area contributed by atoms with Gasteiger partial charge in [0.2, 0.25) is 5.91 Å². The van der Waals surface area contributed by atoms with Gasteiger partial charge in [-0.15, -0.1) is 0 Å². The SMILES string of the molecule is CCc1nc2c(c(-c3ccc(O)cc3)n1)CCN(C(=O)Cc1ccc(F)cc1)CC2. The molecule has 0 saturated heterocycles. The highest BCUT2D eigenvalue weighted by molar-refractivity contribution is 5.79. The quantitative estimate of drug-likeness (QED) is 0.718. The topological polar surface area (TPSA) is 66.3 Å². The second kappa shape index (κ2) is 8.61. The van der Waals surface area contributed by atoms with Gasteiger partial charge in [0, 0.05) is 42.8 Å². The van der Waals surface area contributed by atoms with Crippen molar-refractivity contribution in [1.82, 2.24) is 14.9 Å². The lowest BCUT2D eigenvalue weighted by Gasteiger charge is -2.20. The van der Waals surface area contributed by atoms with Crippen molar-refractivity contribution in [2.45, 2.75) is 32.6 Å². The number of nitrogens with zero attached hydrogens (tertiary/aromatic N) is 3. The third-order valence-electron chi connectivity index (χ3n) is 5.47. The number of hydrogen-bond donors (Lipinski definition) is 1. The van der Waals surface area contributed by atoms with E-state index in [0.29, 0.717) is 25.9 Å². The minimum atomic E-state index is -0.302. The number of amides is 1. The zero-order chi connectivity index (χ0) is 21.1. The number of aryl methyl sites for hydroxylation is 1. The van der Waals surface area contributed by atoms with Gasteiger partial charge in [0.25, 0.3) is 0 Å². The van der Waals surface area contributed by atoms with Crippen LogP contribution < -0.4 is 0 Å². The van der Waals surface area contributed by atoms with Gasteiger partial charge in [0.1, 0.15) is 17.4 Å². The van der Waals surface area contributed by atoms with Crippen LogP contribution in [0.4, 0.5) is 4.39 Å². The smallest absolute Gasteiger partial charge is 0.227 e. The summed E-state index contributed by atoms with van der Waals surface area (Å²) in [5.41, 5.74) is 4.68. The van der Waals surface area contributed by atoms with Crippen LogP contribution in [0.5, 0.6) is 5.75 Å². The Bertz CT molecular complexity index is 1050. The standard InChI is InChI=1S/C24H24FN3O2/c1-2-22-26-21-12-14-28(23(30)15-16-3-7-18(25)8-4-16)13-11-20(21)24(27-22)17-5-9-19(29)10-6-17/h3-10,29H,2,11-15H2,1H3. The first-order valence-electron chi connectivity index (χ1n) is 10.2. The maximum atomic E-state index is 13.1. The summed E-state index contributed by atoms with van der Waals surface area (Å²) in [5, 5.41) is 9.62. The van der Waals surface area contributed by atoms with E-state index in [-0.39, 0.29) is 23.9 Å². The highest BCUT2D eigenvalue weighted by atomic mass is 19.1. The Morgan fingerprint density at radius 3 is 2.43 bits per heavy atom. The highest BCUT2D eigenvalue weighted by Crippen LogP contribution is 2.28. The third-order valence-corrected chi connectivity index (χ3v) is 5.47. The predicted octanol–water partition coefficient (Wildman–Crippen LogP) is 3.72. The Hall–Kier alpha value is -3.28. The number of rotatable bonds is 4. The van der Waals surface area contributed by atoms with Crippen molar-refractivity contribution in [3.63, 3.8) is 0 Å². The van der Waals surface area contributed by atoms with Crippen LogP contribution in [0.25, 0.3) is 11.3 Å². The van der Waals surface area contributed by atoms with Crippen molar-refractivity contribution < 1.29 is 14.3 Å². The Morgan fingerprint density at radius 2 is 1.73 bits per heavy atom. The minimum Gasteiger partial charge on any atom is -0.508 e. The van der Waals surface area contributed by atoms with E-state index < -0.39 is 0 Å². The molecule has 6 heteroatoms. The number of benzene rings is 2. The summed E-state index contributed by atoms with van der Waals surface area (Å²) >= 11 is 0. The van der Waals surface area contributed by atoms with Crippen LogP contribution in [-0.2, 0) is 30.5 Å². The van der Waals surface area contributed by atoms with Gasteiger partial charge in [-0.1, -0.05) is 19.1 Å². The van der Waals surface area contributed by atoms with Gasteiger partial charge in [0.15, 0.2) is 0 Å². The molecular weight excluding hydrogens is 381 g/mol. The number of halogens is 1. The molecule has 0 spiro atoms. The minimum absolute atomic E-state index is 0.0317. The molecule has 2 aromatic carbocycles. The lowest BCUT2D eigenvalue weighted by atomic mass is 10.0. The molecule has 4 rings (SSSR count). The monoisotopic (exact) mass is 405 g/mol. The zero-order valence-electron chi connectivity index (χ0n) is 16.9. The molecule has 1 amide bonds. The average molecular weight is 405 g/mol. The van der Waals surface area contributed by atoms with Crippen molar-refractivity contribution in [1.29, 1.82) is 0 Å². The number of fused-ring (bicyclic) bond motifs is 1. The van der Waals surface area contributed by atoms with Crippen LogP contribution in [0.2, 0.25) is 0 Å². The summed E-state index contributed by atoms with van der Waals surface area (Å²) in [6, 6.07) is 13.1. The van der Waals surface area contributed by atoms with Gasteiger partial charge in [0.05, 0.1) is 12.1 Å². The van der Waals surface area contributed by atoms with E-state index in [9.17, 15) is 14.3 Å². The Balaban J connectivity index is 1.58. The first-order chi connectivity index (χ1) is 14.5. The fourth-order valence-electron chi connectivity index (χ4n) is 3.80. The number of aromatic nitrogens is 2. The van der Waals surface area contributed by atoms with E-state index in [1.807, 2.05) is 24.0 Å². The van der Waals surface area contributed by atoms with E-state index in [1.165, 1.54) is 12.1 Å². The molecule has 0 saturated carbocycles. The van der Waals surface area contributed by atoms with Gasteiger partial charge >= 0.3 is 0 Å².